The van der Waals surface area contributed by atoms with Gasteiger partial charge in [-0.15, -0.1) is 0 Å². The molecule has 0 spiro atoms. The number of amides is 2. The number of carbonyl (C=O) groups excluding carboxylic acids is 3. The van der Waals surface area contributed by atoms with Gasteiger partial charge in [-0.1, -0.05) is 24.3 Å². The molecule has 0 radical (unpaired) electrons. The number of fused-ring (bicyclic) bond motifs is 1. The van der Waals surface area contributed by atoms with E-state index in [1.165, 1.54) is 12.1 Å². The largest absolute Gasteiger partial charge is 0.463 e. The van der Waals surface area contributed by atoms with E-state index in [1.54, 1.807) is 17.0 Å². The van der Waals surface area contributed by atoms with Crippen LogP contribution in [0, 0.1) is 17.7 Å². The second-order valence-corrected chi connectivity index (χ2v) is 8.74. The molecule has 33 heavy (non-hydrogen) atoms. The summed E-state index contributed by atoms with van der Waals surface area (Å²) in [4.78, 5) is 40.1. The minimum atomic E-state index is -0.494. The van der Waals surface area contributed by atoms with E-state index in [-0.39, 0.29) is 61.7 Å². The van der Waals surface area contributed by atoms with E-state index in [9.17, 15) is 18.8 Å². The van der Waals surface area contributed by atoms with Crippen LogP contribution in [0.3, 0.4) is 0 Å². The molecule has 2 amide bonds. The Bertz CT molecular complexity index is 842. The summed E-state index contributed by atoms with van der Waals surface area (Å²) in [5, 5.41) is 11.5. The maximum Gasteiger partial charge on any atom is 0.309 e. The summed E-state index contributed by atoms with van der Waals surface area (Å²) >= 11 is 0. The van der Waals surface area contributed by atoms with Crippen LogP contribution < -0.4 is 5.32 Å². The number of cyclic esters (lactones) is 1. The molecule has 2 aliphatic heterocycles. The molecule has 0 saturated carbocycles. The minimum absolute atomic E-state index is 0.0549. The van der Waals surface area contributed by atoms with Gasteiger partial charge in [-0.2, -0.15) is 0 Å². The highest BCUT2D eigenvalue weighted by molar-refractivity contribution is 5.86. The molecule has 1 saturated heterocycles. The van der Waals surface area contributed by atoms with Crippen molar-refractivity contribution in [2.45, 2.75) is 51.0 Å². The monoisotopic (exact) mass is 460 g/mol. The number of carbonyl (C=O) groups is 3. The molecule has 2 aliphatic rings. The number of hydrogen-bond acceptors (Lipinski definition) is 5. The summed E-state index contributed by atoms with van der Waals surface area (Å²) < 4.78 is 18.9. The third kappa shape index (κ3) is 7.39. The standard InChI is InChI=1S/C25H33FN2O5/c26-21-10-8-18(9-11-21)15-20-6-3-1-2-5-19(16-23(30)27-12-14-29)24(31)28-13-4-7-22(28)17-33-25(20)32/h1-2,8-11,19-20,22,29H,3-7,12-17H2,(H,27,30)/b2-1+/t19-,20-,22-/m0/s1. The number of allylic oxidation sites excluding steroid dienone is 2. The number of nitrogens with zero attached hydrogens (tertiary/aromatic N) is 1. The van der Waals surface area contributed by atoms with Gasteiger partial charge in [0.15, 0.2) is 0 Å². The maximum absolute atomic E-state index is 13.2. The van der Waals surface area contributed by atoms with Crippen LogP contribution >= 0.6 is 0 Å². The average molecular weight is 461 g/mol. The molecule has 3 atom stereocenters. The average Bonchev–Trinajstić information content (AvgIpc) is 3.28. The first-order valence-electron chi connectivity index (χ1n) is 11.7. The van der Waals surface area contributed by atoms with Gasteiger partial charge in [-0.05, 0) is 56.2 Å². The molecular formula is C25H33FN2O5. The van der Waals surface area contributed by atoms with Gasteiger partial charge in [0.2, 0.25) is 11.8 Å². The highest BCUT2D eigenvalue weighted by Gasteiger charge is 2.35. The molecule has 0 unspecified atom stereocenters. The van der Waals surface area contributed by atoms with Crippen LogP contribution in [0.2, 0.25) is 0 Å². The lowest BCUT2D eigenvalue weighted by molar-refractivity contribution is -0.152. The molecule has 2 N–H and O–H groups in total. The van der Waals surface area contributed by atoms with Gasteiger partial charge in [-0.25, -0.2) is 4.39 Å². The zero-order valence-electron chi connectivity index (χ0n) is 18.9. The summed E-state index contributed by atoms with van der Waals surface area (Å²) in [6.07, 6.45) is 7.59. The molecule has 8 heteroatoms. The van der Waals surface area contributed by atoms with Gasteiger partial charge >= 0.3 is 5.97 Å². The van der Waals surface area contributed by atoms with E-state index in [1.807, 2.05) is 12.2 Å². The van der Waals surface area contributed by atoms with E-state index in [4.69, 9.17) is 9.84 Å². The van der Waals surface area contributed by atoms with Crippen molar-refractivity contribution in [2.24, 2.45) is 11.8 Å². The van der Waals surface area contributed by atoms with Crippen molar-refractivity contribution in [2.75, 3.05) is 26.3 Å². The molecule has 1 aromatic rings. The minimum Gasteiger partial charge on any atom is -0.463 e. The predicted octanol–water partition coefficient (Wildman–Crippen LogP) is 2.37. The van der Waals surface area contributed by atoms with Crippen molar-refractivity contribution < 1.29 is 28.6 Å². The third-order valence-electron chi connectivity index (χ3n) is 6.29. The molecule has 180 valence electrons. The Balaban J connectivity index is 1.72. The lowest BCUT2D eigenvalue weighted by atomic mass is 9.94. The van der Waals surface area contributed by atoms with Crippen LogP contribution in [0.4, 0.5) is 4.39 Å². The molecule has 2 heterocycles. The van der Waals surface area contributed by atoms with E-state index in [0.29, 0.717) is 32.2 Å². The van der Waals surface area contributed by atoms with Gasteiger partial charge in [0, 0.05) is 19.5 Å². The third-order valence-corrected chi connectivity index (χ3v) is 6.29. The fourth-order valence-corrected chi connectivity index (χ4v) is 4.48. The Labute approximate surface area is 194 Å². The molecule has 0 bridgehead atoms. The van der Waals surface area contributed by atoms with Crippen LogP contribution in [0.1, 0.15) is 44.1 Å². The Hall–Kier alpha value is -2.74. The zero-order chi connectivity index (χ0) is 23.6. The quantitative estimate of drug-likeness (QED) is 0.502. The van der Waals surface area contributed by atoms with Crippen molar-refractivity contribution in [1.29, 1.82) is 0 Å². The SMILES string of the molecule is O=C(C[C@@H]1C/C=C/CC[C@@H](Cc2ccc(F)cc2)C(=O)OC[C@@H]2CCCN2C1=O)NCCO. The first-order chi connectivity index (χ1) is 16.0. The van der Waals surface area contributed by atoms with E-state index >= 15 is 0 Å². The van der Waals surface area contributed by atoms with Crippen LogP contribution in [0.5, 0.6) is 0 Å². The van der Waals surface area contributed by atoms with Crippen LogP contribution in [-0.2, 0) is 25.5 Å². The molecular weight excluding hydrogens is 427 g/mol. The summed E-state index contributed by atoms with van der Waals surface area (Å²) in [7, 11) is 0. The van der Waals surface area contributed by atoms with E-state index in [0.717, 1.165) is 18.4 Å². The Kier molecular flexibility index (Phi) is 9.42. The number of esters is 1. The topological polar surface area (TPSA) is 95.9 Å². The number of halogens is 1. The van der Waals surface area contributed by atoms with Crippen LogP contribution in [-0.4, -0.2) is 60.1 Å². The van der Waals surface area contributed by atoms with Gasteiger partial charge < -0.3 is 20.1 Å². The normalized spacial score (nSPS) is 25.3. The molecule has 1 aromatic carbocycles. The van der Waals surface area contributed by atoms with Gasteiger partial charge in [0.25, 0.3) is 0 Å². The number of rotatable bonds is 6. The fraction of sp³-hybridized carbons (Fsp3) is 0.560. The number of hydrogen-bond donors (Lipinski definition) is 2. The molecule has 3 rings (SSSR count). The number of ether oxygens (including phenoxy) is 1. The maximum atomic E-state index is 13.2. The highest BCUT2D eigenvalue weighted by Crippen LogP contribution is 2.25. The molecule has 0 aliphatic carbocycles. The second-order valence-electron chi connectivity index (χ2n) is 8.74. The smallest absolute Gasteiger partial charge is 0.309 e. The van der Waals surface area contributed by atoms with Crippen molar-refractivity contribution in [3.05, 3.63) is 47.8 Å². The highest BCUT2D eigenvalue weighted by atomic mass is 19.1. The Morgan fingerprint density at radius 3 is 2.70 bits per heavy atom. The first-order valence-corrected chi connectivity index (χ1v) is 11.7. The molecule has 1 fully saturated rings. The number of aliphatic hydroxyl groups is 1. The van der Waals surface area contributed by atoms with Gasteiger partial charge in [0.05, 0.1) is 24.5 Å². The number of aliphatic hydroxyl groups excluding tert-OH is 1. The molecule has 7 nitrogen and oxygen atoms in total. The van der Waals surface area contributed by atoms with E-state index < -0.39 is 5.92 Å². The summed E-state index contributed by atoms with van der Waals surface area (Å²) in [6.45, 7) is 0.732. The van der Waals surface area contributed by atoms with Crippen LogP contribution in [0.15, 0.2) is 36.4 Å². The van der Waals surface area contributed by atoms with Crippen molar-refractivity contribution in [1.82, 2.24) is 10.2 Å². The molecule has 0 aromatic heterocycles. The lowest BCUT2D eigenvalue weighted by Gasteiger charge is -2.28. The lowest BCUT2D eigenvalue weighted by Crippen LogP contribution is -2.43. The fourth-order valence-electron chi connectivity index (χ4n) is 4.48. The Morgan fingerprint density at radius 1 is 1.15 bits per heavy atom. The van der Waals surface area contributed by atoms with Crippen LogP contribution in [0.25, 0.3) is 0 Å². The van der Waals surface area contributed by atoms with E-state index in [2.05, 4.69) is 5.32 Å². The summed E-state index contributed by atoms with van der Waals surface area (Å²) in [6, 6.07) is 5.95. The number of benzene rings is 1. The Morgan fingerprint density at radius 2 is 1.94 bits per heavy atom. The van der Waals surface area contributed by atoms with Crippen molar-refractivity contribution in [3.8, 4) is 0 Å². The second kappa shape index (κ2) is 12.5. The zero-order valence-corrected chi connectivity index (χ0v) is 18.9. The first kappa shape index (κ1) is 24.9. The number of nitrogens with one attached hydrogen (secondary N) is 1. The van der Waals surface area contributed by atoms with Crippen molar-refractivity contribution >= 4 is 17.8 Å². The van der Waals surface area contributed by atoms with Gasteiger partial charge in [0.1, 0.15) is 12.4 Å². The van der Waals surface area contributed by atoms with Crippen molar-refractivity contribution in [3.63, 3.8) is 0 Å². The summed E-state index contributed by atoms with van der Waals surface area (Å²) in [5.74, 6) is -1.82. The predicted molar refractivity (Wildman–Crippen MR) is 120 cm³/mol. The van der Waals surface area contributed by atoms with Gasteiger partial charge in [-0.3, -0.25) is 14.4 Å². The summed E-state index contributed by atoms with van der Waals surface area (Å²) in [5.41, 5.74) is 0.873.